The minimum atomic E-state index is -0.320. The highest BCUT2D eigenvalue weighted by molar-refractivity contribution is 6.26. The third-order valence-corrected chi connectivity index (χ3v) is 14.7. The molecule has 11 aromatic rings. The van der Waals surface area contributed by atoms with E-state index in [0.717, 1.165) is 0 Å². The summed E-state index contributed by atoms with van der Waals surface area (Å²) in [7, 11) is 0. The van der Waals surface area contributed by atoms with E-state index >= 15 is 0 Å². The van der Waals surface area contributed by atoms with E-state index in [1.54, 1.807) is 0 Å². The molecule has 0 unspecified atom stereocenters. The predicted octanol–water partition coefficient (Wildman–Crippen LogP) is 18.0. The molecule has 1 aliphatic rings. The van der Waals surface area contributed by atoms with Crippen LogP contribution >= 0.6 is 0 Å². The molecular formula is C63H50. The average molecular weight is 807 g/mol. The van der Waals surface area contributed by atoms with Gasteiger partial charge in [0.05, 0.1) is 0 Å². The van der Waals surface area contributed by atoms with Gasteiger partial charge < -0.3 is 0 Å². The summed E-state index contributed by atoms with van der Waals surface area (Å²) >= 11 is 0. The van der Waals surface area contributed by atoms with Crippen LogP contribution in [0, 0.1) is 10.8 Å². The second-order valence-corrected chi connectivity index (χ2v) is 20.0. The van der Waals surface area contributed by atoms with E-state index < -0.39 is 0 Å². The van der Waals surface area contributed by atoms with Gasteiger partial charge in [-0.05, 0) is 143 Å². The summed E-state index contributed by atoms with van der Waals surface area (Å²) in [5.74, 6) is 0. The number of benzene rings is 11. The maximum Gasteiger partial charge on any atom is 0.0324 e. The van der Waals surface area contributed by atoms with Gasteiger partial charge in [0.15, 0.2) is 0 Å². The minimum Gasteiger partial charge on any atom is -0.0616 e. The van der Waals surface area contributed by atoms with Crippen LogP contribution in [-0.4, -0.2) is 0 Å². The molecule has 0 radical (unpaired) electrons. The zero-order chi connectivity index (χ0) is 42.8. The zero-order valence-electron chi connectivity index (χ0n) is 37.0. The molecule has 12 rings (SSSR count). The van der Waals surface area contributed by atoms with Gasteiger partial charge in [-0.2, -0.15) is 0 Å². The SMILES string of the molecule is CC(C)(C)C1(C(C)(C)C)c2c(cc(-c3c4ccccc4c(-c4ccc(-c5ccc6ccccc6c5)cc4)c4ccccc34)c3ccccc23)-c2c1c1ccccc1c1ccccc21. The number of rotatable bonds is 3. The molecule has 0 saturated heterocycles. The van der Waals surface area contributed by atoms with Gasteiger partial charge in [0.25, 0.3) is 0 Å². The van der Waals surface area contributed by atoms with Crippen molar-refractivity contribution in [2.45, 2.75) is 47.0 Å². The van der Waals surface area contributed by atoms with Gasteiger partial charge >= 0.3 is 0 Å². The van der Waals surface area contributed by atoms with E-state index in [2.05, 4.69) is 236 Å². The van der Waals surface area contributed by atoms with Crippen molar-refractivity contribution in [3.05, 3.63) is 205 Å². The van der Waals surface area contributed by atoms with Crippen molar-refractivity contribution in [2.24, 2.45) is 10.8 Å². The van der Waals surface area contributed by atoms with Crippen LogP contribution in [0.3, 0.4) is 0 Å². The molecule has 63 heavy (non-hydrogen) atoms. The number of hydrogen-bond donors (Lipinski definition) is 0. The molecule has 0 atom stereocenters. The average Bonchev–Trinajstić information content (AvgIpc) is 3.64. The van der Waals surface area contributed by atoms with Gasteiger partial charge in [-0.15, -0.1) is 0 Å². The van der Waals surface area contributed by atoms with Crippen LogP contribution in [0.5, 0.6) is 0 Å². The maximum atomic E-state index is 2.61. The highest BCUT2D eigenvalue weighted by Gasteiger charge is 2.59. The summed E-state index contributed by atoms with van der Waals surface area (Å²) in [4.78, 5) is 0. The fraction of sp³-hybridized carbons (Fsp3) is 0.143. The summed E-state index contributed by atoms with van der Waals surface area (Å²) in [5.41, 5.74) is 12.7. The van der Waals surface area contributed by atoms with Crippen LogP contribution in [0.4, 0.5) is 0 Å². The molecule has 0 fully saturated rings. The van der Waals surface area contributed by atoms with Crippen LogP contribution in [-0.2, 0) is 5.41 Å². The van der Waals surface area contributed by atoms with Crippen LogP contribution in [0.15, 0.2) is 194 Å². The van der Waals surface area contributed by atoms with Crippen molar-refractivity contribution >= 4 is 64.6 Å². The third-order valence-electron chi connectivity index (χ3n) is 14.7. The lowest BCUT2D eigenvalue weighted by Gasteiger charge is -2.54. The lowest BCUT2D eigenvalue weighted by atomic mass is 9.49. The largest absolute Gasteiger partial charge is 0.0616 e. The van der Waals surface area contributed by atoms with Crippen LogP contribution < -0.4 is 0 Å². The van der Waals surface area contributed by atoms with Crippen molar-refractivity contribution in [2.75, 3.05) is 0 Å². The third kappa shape index (κ3) is 5.22. The molecular weight excluding hydrogens is 757 g/mol. The Morgan fingerprint density at radius 1 is 0.270 bits per heavy atom. The van der Waals surface area contributed by atoms with Gasteiger partial charge in [-0.3, -0.25) is 0 Å². The lowest BCUT2D eigenvalue weighted by molar-refractivity contribution is 0.0977. The van der Waals surface area contributed by atoms with Crippen LogP contribution in [0.1, 0.15) is 52.7 Å². The molecule has 0 aromatic heterocycles. The summed E-state index contributed by atoms with van der Waals surface area (Å²) in [6, 6.07) is 73.2. The number of fused-ring (bicyclic) bond motifs is 13. The molecule has 0 spiro atoms. The molecule has 0 nitrogen and oxygen atoms in total. The van der Waals surface area contributed by atoms with Crippen LogP contribution in [0.2, 0.25) is 0 Å². The fourth-order valence-electron chi connectivity index (χ4n) is 12.7. The van der Waals surface area contributed by atoms with E-state index in [1.807, 2.05) is 0 Å². The Balaban J connectivity index is 1.18. The van der Waals surface area contributed by atoms with E-state index in [0.29, 0.717) is 0 Å². The predicted molar refractivity (Wildman–Crippen MR) is 273 cm³/mol. The van der Waals surface area contributed by atoms with Gasteiger partial charge in [0, 0.05) is 5.41 Å². The molecule has 0 amide bonds. The Hall–Kier alpha value is -7.02. The second-order valence-electron chi connectivity index (χ2n) is 20.0. The molecule has 302 valence electrons. The molecule has 11 aromatic carbocycles. The van der Waals surface area contributed by atoms with Crippen molar-refractivity contribution in [3.63, 3.8) is 0 Å². The molecule has 0 bridgehead atoms. The Labute approximate surface area is 370 Å². The van der Waals surface area contributed by atoms with Crippen molar-refractivity contribution < 1.29 is 0 Å². The molecule has 0 heteroatoms. The maximum absolute atomic E-state index is 2.61. The van der Waals surface area contributed by atoms with Gasteiger partial charge in [0.2, 0.25) is 0 Å². The summed E-state index contributed by atoms with van der Waals surface area (Å²) in [5, 5.41) is 15.6. The highest BCUT2D eigenvalue weighted by atomic mass is 14.6. The summed E-state index contributed by atoms with van der Waals surface area (Å²) in [6.07, 6.45) is 0. The van der Waals surface area contributed by atoms with E-state index in [4.69, 9.17) is 0 Å². The van der Waals surface area contributed by atoms with Crippen molar-refractivity contribution in [3.8, 4) is 44.5 Å². The smallest absolute Gasteiger partial charge is 0.0324 e. The van der Waals surface area contributed by atoms with Gasteiger partial charge in [0.1, 0.15) is 0 Å². The zero-order valence-corrected chi connectivity index (χ0v) is 37.0. The number of hydrogen-bond acceptors (Lipinski definition) is 0. The second kappa shape index (κ2) is 13.5. The van der Waals surface area contributed by atoms with Gasteiger partial charge in [-0.25, -0.2) is 0 Å². The first-order valence-electron chi connectivity index (χ1n) is 22.6. The normalized spacial score (nSPS) is 13.7. The Bertz CT molecular complexity index is 3610. The van der Waals surface area contributed by atoms with Crippen LogP contribution in [0.25, 0.3) is 109 Å². The summed E-state index contributed by atoms with van der Waals surface area (Å²) in [6.45, 7) is 14.9. The standard InChI is InChI=1S/C63H50/c1-61(2,3)63(62(4,5)6)59-52-29-17-11-23-46(52)54(38-55(59)58-47-24-12-9-21-44(47)45-22-10-18-30-53(45)60(58)63)57-50-27-15-13-25-48(50)56(49-26-14-16-28-51(49)57)41-34-31-40(32-35-41)43-36-33-39-19-7-8-20-42(39)37-43/h7-38H,1-6H3. The molecule has 0 saturated carbocycles. The highest BCUT2D eigenvalue weighted by Crippen LogP contribution is 2.69. The topological polar surface area (TPSA) is 0 Å². The quantitative estimate of drug-likeness (QED) is 0.123. The first kappa shape index (κ1) is 37.7. The Morgan fingerprint density at radius 3 is 1.22 bits per heavy atom. The Kier molecular flexibility index (Phi) is 8.08. The Morgan fingerprint density at radius 2 is 0.667 bits per heavy atom. The first-order valence-corrected chi connectivity index (χ1v) is 22.6. The van der Waals surface area contributed by atoms with E-state index in [1.165, 1.54) is 120 Å². The van der Waals surface area contributed by atoms with Gasteiger partial charge in [-0.1, -0.05) is 224 Å². The molecule has 0 heterocycles. The lowest BCUT2D eigenvalue weighted by Crippen LogP contribution is -2.50. The van der Waals surface area contributed by atoms with E-state index in [9.17, 15) is 0 Å². The monoisotopic (exact) mass is 806 g/mol. The van der Waals surface area contributed by atoms with E-state index in [-0.39, 0.29) is 16.2 Å². The first-order chi connectivity index (χ1) is 30.6. The summed E-state index contributed by atoms with van der Waals surface area (Å²) < 4.78 is 0. The molecule has 0 aliphatic heterocycles. The minimum absolute atomic E-state index is 0.133. The van der Waals surface area contributed by atoms with Crippen molar-refractivity contribution in [1.82, 2.24) is 0 Å². The fourth-order valence-corrected chi connectivity index (χ4v) is 12.7. The molecule has 1 aliphatic carbocycles. The molecule has 0 N–H and O–H groups in total. The van der Waals surface area contributed by atoms with Crippen molar-refractivity contribution in [1.29, 1.82) is 0 Å².